The van der Waals surface area contributed by atoms with Crippen LogP contribution < -0.4 is 0 Å². The van der Waals surface area contributed by atoms with Crippen molar-refractivity contribution < 1.29 is 0 Å². The van der Waals surface area contributed by atoms with E-state index in [4.69, 9.17) is 6.42 Å². The number of nitrogens with one attached hydrogen (secondary N) is 1. The van der Waals surface area contributed by atoms with E-state index in [0.29, 0.717) is 0 Å². The molecule has 1 aromatic heterocycles. The van der Waals surface area contributed by atoms with Crippen molar-refractivity contribution in [1.82, 2.24) is 9.97 Å². The van der Waals surface area contributed by atoms with Crippen LogP contribution >= 0.6 is 11.8 Å². The topological polar surface area (TPSA) is 28.7 Å². The first-order chi connectivity index (χ1) is 6.40. The van der Waals surface area contributed by atoms with E-state index >= 15 is 0 Å². The number of nitrogens with zero attached hydrogens (tertiary/aromatic N) is 1. The Morgan fingerprint density at radius 1 is 1.54 bits per heavy atom. The number of rotatable bonds is 3. The predicted molar refractivity (Wildman–Crippen MR) is 54.8 cm³/mol. The zero-order valence-electron chi connectivity index (χ0n) is 7.47. The second kappa shape index (κ2) is 3.89. The molecule has 2 nitrogen and oxygen atoms in total. The summed E-state index contributed by atoms with van der Waals surface area (Å²) in [4.78, 5) is 7.84. The Bertz CT molecular complexity index is 314. The molecule has 0 atom stereocenters. The quantitative estimate of drug-likeness (QED) is 0.451. The molecular formula is C10H12N2S. The molecule has 0 radical (unpaired) electrons. The number of aryl methyl sites for hydroxylation is 2. The van der Waals surface area contributed by atoms with Gasteiger partial charge in [0.25, 0.3) is 0 Å². The van der Waals surface area contributed by atoms with E-state index in [1.807, 2.05) is 0 Å². The minimum absolute atomic E-state index is 0.816. The summed E-state index contributed by atoms with van der Waals surface area (Å²) in [5.41, 5.74) is 2.60. The van der Waals surface area contributed by atoms with Gasteiger partial charge in [-0.15, -0.1) is 12.3 Å². The average molecular weight is 192 g/mol. The van der Waals surface area contributed by atoms with E-state index in [1.54, 1.807) is 11.8 Å². The molecule has 3 heteroatoms. The van der Waals surface area contributed by atoms with E-state index in [1.165, 1.54) is 17.8 Å². The third kappa shape index (κ3) is 1.89. The molecule has 1 N–H and O–H groups in total. The molecule has 0 aromatic carbocycles. The van der Waals surface area contributed by atoms with E-state index in [2.05, 4.69) is 15.9 Å². The lowest BCUT2D eigenvalue weighted by Gasteiger charge is -1.92. The van der Waals surface area contributed by atoms with Crippen LogP contribution in [0.25, 0.3) is 0 Å². The Labute approximate surface area is 82.5 Å². The minimum Gasteiger partial charge on any atom is -0.337 e. The maximum atomic E-state index is 5.17. The molecular weight excluding hydrogens is 180 g/mol. The second-order valence-electron chi connectivity index (χ2n) is 3.12. The summed E-state index contributed by atoms with van der Waals surface area (Å²) in [5, 5.41) is 1.04. The van der Waals surface area contributed by atoms with Gasteiger partial charge in [-0.1, -0.05) is 11.8 Å². The number of fused-ring (bicyclic) bond motifs is 1. The molecule has 1 aliphatic carbocycles. The number of thioether (sulfide) groups is 1. The number of imidazole rings is 1. The van der Waals surface area contributed by atoms with Crippen LogP contribution in [0, 0.1) is 12.3 Å². The monoisotopic (exact) mass is 192 g/mol. The standard InChI is InChI=1S/C10H12N2S/c1-2-3-7-13-10-11-8-5-4-6-9(8)12-10/h1H,3-7H2,(H,11,12). The summed E-state index contributed by atoms with van der Waals surface area (Å²) < 4.78 is 0. The van der Waals surface area contributed by atoms with Crippen LogP contribution in [0.15, 0.2) is 5.16 Å². The molecule has 0 saturated heterocycles. The van der Waals surface area contributed by atoms with E-state index < -0.39 is 0 Å². The number of aromatic amines is 1. The van der Waals surface area contributed by atoms with Crippen molar-refractivity contribution in [2.45, 2.75) is 30.8 Å². The van der Waals surface area contributed by atoms with Gasteiger partial charge in [-0.2, -0.15) is 0 Å². The lowest BCUT2D eigenvalue weighted by molar-refractivity contribution is 0.845. The summed E-state index contributed by atoms with van der Waals surface area (Å²) in [7, 11) is 0. The molecule has 13 heavy (non-hydrogen) atoms. The van der Waals surface area contributed by atoms with Crippen LogP contribution in [0.5, 0.6) is 0 Å². The third-order valence-corrected chi connectivity index (χ3v) is 3.04. The molecule has 0 amide bonds. The number of H-pyrrole nitrogens is 1. The lowest BCUT2D eigenvalue weighted by atomic mass is 10.4. The van der Waals surface area contributed by atoms with Crippen molar-refractivity contribution in [3.05, 3.63) is 11.4 Å². The van der Waals surface area contributed by atoms with Gasteiger partial charge in [0, 0.05) is 17.9 Å². The zero-order chi connectivity index (χ0) is 9.10. The smallest absolute Gasteiger partial charge is 0.165 e. The van der Waals surface area contributed by atoms with E-state index in [0.717, 1.165) is 30.2 Å². The first-order valence-electron chi connectivity index (χ1n) is 4.54. The fourth-order valence-electron chi connectivity index (χ4n) is 1.54. The molecule has 0 spiro atoms. The van der Waals surface area contributed by atoms with E-state index in [-0.39, 0.29) is 0 Å². The van der Waals surface area contributed by atoms with Crippen molar-refractivity contribution >= 4 is 11.8 Å². The van der Waals surface area contributed by atoms with Crippen molar-refractivity contribution in [3.63, 3.8) is 0 Å². The molecule has 1 aromatic rings. The minimum atomic E-state index is 0.816. The van der Waals surface area contributed by atoms with Gasteiger partial charge in [0.1, 0.15) is 0 Å². The van der Waals surface area contributed by atoms with Gasteiger partial charge in [0.15, 0.2) is 5.16 Å². The maximum Gasteiger partial charge on any atom is 0.165 e. The fourth-order valence-corrected chi connectivity index (χ4v) is 2.32. The first kappa shape index (κ1) is 8.71. The van der Waals surface area contributed by atoms with Crippen LogP contribution in [0.2, 0.25) is 0 Å². The highest BCUT2D eigenvalue weighted by atomic mass is 32.2. The molecule has 1 heterocycles. The maximum absolute atomic E-state index is 5.17. The summed E-state index contributed by atoms with van der Waals surface area (Å²) in [6, 6.07) is 0. The van der Waals surface area contributed by atoms with Gasteiger partial charge in [0.2, 0.25) is 0 Å². The number of hydrogen-bond acceptors (Lipinski definition) is 2. The number of terminal acetylenes is 1. The Kier molecular flexibility index (Phi) is 2.60. The Morgan fingerprint density at radius 2 is 2.46 bits per heavy atom. The van der Waals surface area contributed by atoms with Crippen molar-refractivity contribution in [3.8, 4) is 12.3 Å². The van der Waals surface area contributed by atoms with Gasteiger partial charge >= 0.3 is 0 Å². The Morgan fingerprint density at radius 3 is 3.23 bits per heavy atom. The van der Waals surface area contributed by atoms with Crippen LogP contribution in [0.4, 0.5) is 0 Å². The fraction of sp³-hybridized carbons (Fsp3) is 0.500. The average Bonchev–Trinajstić information content (AvgIpc) is 2.64. The SMILES string of the molecule is C#CCCSc1nc2c([nH]1)CCC2. The van der Waals surface area contributed by atoms with Crippen LogP contribution in [0.1, 0.15) is 24.2 Å². The Balaban J connectivity index is 1.95. The lowest BCUT2D eigenvalue weighted by Crippen LogP contribution is -1.83. The summed E-state index contributed by atoms with van der Waals surface area (Å²) >= 11 is 1.72. The molecule has 2 rings (SSSR count). The molecule has 68 valence electrons. The predicted octanol–water partition coefficient (Wildman–Crippen LogP) is 2.01. The van der Waals surface area contributed by atoms with Gasteiger partial charge in [-0.05, 0) is 19.3 Å². The molecule has 0 bridgehead atoms. The normalized spacial score (nSPS) is 14.1. The van der Waals surface area contributed by atoms with Crippen LogP contribution in [-0.2, 0) is 12.8 Å². The van der Waals surface area contributed by atoms with Gasteiger partial charge in [-0.25, -0.2) is 4.98 Å². The third-order valence-electron chi connectivity index (χ3n) is 2.17. The van der Waals surface area contributed by atoms with Crippen molar-refractivity contribution in [2.75, 3.05) is 5.75 Å². The summed E-state index contributed by atoms with van der Waals surface area (Å²) in [5.74, 6) is 3.59. The van der Waals surface area contributed by atoms with Crippen molar-refractivity contribution in [1.29, 1.82) is 0 Å². The largest absolute Gasteiger partial charge is 0.337 e. The number of aromatic nitrogens is 2. The molecule has 0 fully saturated rings. The summed E-state index contributed by atoms with van der Waals surface area (Å²) in [6.45, 7) is 0. The first-order valence-corrected chi connectivity index (χ1v) is 5.52. The molecule has 0 saturated carbocycles. The summed E-state index contributed by atoms with van der Waals surface area (Å²) in [6.07, 6.45) is 9.55. The van der Waals surface area contributed by atoms with Gasteiger partial charge < -0.3 is 4.98 Å². The highest BCUT2D eigenvalue weighted by Gasteiger charge is 2.15. The van der Waals surface area contributed by atoms with Crippen LogP contribution in [0.3, 0.4) is 0 Å². The van der Waals surface area contributed by atoms with Gasteiger partial charge in [-0.3, -0.25) is 0 Å². The molecule has 0 aliphatic heterocycles. The zero-order valence-corrected chi connectivity index (χ0v) is 8.28. The molecule has 1 aliphatic rings. The Hall–Kier alpha value is -0.880. The van der Waals surface area contributed by atoms with Gasteiger partial charge in [0.05, 0.1) is 5.69 Å². The van der Waals surface area contributed by atoms with Crippen molar-refractivity contribution in [2.24, 2.45) is 0 Å². The highest BCUT2D eigenvalue weighted by Crippen LogP contribution is 2.23. The highest BCUT2D eigenvalue weighted by molar-refractivity contribution is 7.99. The number of hydrogen-bond donors (Lipinski definition) is 1. The van der Waals surface area contributed by atoms with E-state index in [9.17, 15) is 0 Å². The molecule has 0 unspecified atom stereocenters. The van der Waals surface area contributed by atoms with Crippen LogP contribution in [-0.4, -0.2) is 15.7 Å². The second-order valence-corrected chi connectivity index (χ2v) is 4.21.